The van der Waals surface area contributed by atoms with Gasteiger partial charge in [-0.15, -0.1) is 0 Å². The van der Waals surface area contributed by atoms with Crippen LogP contribution in [0.1, 0.15) is 35.0 Å². The number of rotatable bonds is 7. The summed E-state index contributed by atoms with van der Waals surface area (Å²) in [5, 5.41) is 8.52. The number of furan rings is 1. The topological polar surface area (TPSA) is 109 Å². The van der Waals surface area contributed by atoms with Gasteiger partial charge >= 0.3 is 5.24 Å². The number of thioether (sulfide) groups is 1. The summed E-state index contributed by atoms with van der Waals surface area (Å²) in [6.45, 7) is 2.25. The van der Waals surface area contributed by atoms with Gasteiger partial charge in [0.25, 0.3) is 5.91 Å². The lowest BCUT2D eigenvalue weighted by molar-refractivity contribution is 0.0996. The summed E-state index contributed by atoms with van der Waals surface area (Å²) in [5.74, 6) is -0.126. The smallest absolute Gasteiger partial charge is 0.302 e. The minimum Gasteiger partial charge on any atom is -0.459 e. The van der Waals surface area contributed by atoms with E-state index in [1.54, 1.807) is 48.5 Å². The van der Waals surface area contributed by atoms with Gasteiger partial charge in [-0.1, -0.05) is 43.0 Å². The molecule has 0 radical (unpaired) electrons. The Morgan fingerprint density at radius 1 is 1.12 bits per heavy atom. The fourth-order valence-corrected chi connectivity index (χ4v) is 5.00. The highest BCUT2D eigenvalue weighted by atomic mass is 32.2. The first-order valence-corrected chi connectivity index (χ1v) is 13.3. The number of carbonyl (C=O) groups excluding carboxylic acids is 2. The van der Waals surface area contributed by atoms with Crippen molar-refractivity contribution in [1.29, 1.82) is 0 Å². The molecule has 10 heteroatoms. The molecular weight excluding hydrogens is 474 g/mol. The molecule has 1 unspecified atom stereocenters. The fraction of sp³-hybridized carbons (Fsp3) is 0.208. The first-order chi connectivity index (χ1) is 16.2. The van der Waals surface area contributed by atoms with Crippen molar-refractivity contribution >= 4 is 44.1 Å². The van der Waals surface area contributed by atoms with Crippen molar-refractivity contribution < 1.29 is 22.4 Å². The number of hydrogen-bond donors (Lipinski definition) is 1. The lowest BCUT2D eigenvalue weighted by atomic mass is 10.1. The standard InChI is InChI=1S/C24H23N3O5S2/c1-3-21-22(17-8-12-19(13-9-17)34(2,30)31)26-27(24(29)33-21)15-16-6-10-18(11-7-16)25-23(28)20-5-4-14-32-20/h4-14,21H,3,15H2,1-2H3,(H,25,28). The number of sulfone groups is 1. The number of hydrazone groups is 1. The molecule has 0 fully saturated rings. The molecule has 0 spiro atoms. The van der Waals surface area contributed by atoms with Crippen LogP contribution in [0, 0.1) is 0 Å². The summed E-state index contributed by atoms with van der Waals surface area (Å²) >= 11 is 1.21. The van der Waals surface area contributed by atoms with Gasteiger partial charge in [-0.2, -0.15) is 5.10 Å². The van der Waals surface area contributed by atoms with E-state index in [1.165, 1.54) is 29.3 Å². The Morgan fingerprint density at radius 2 is 1.82 bits per heavy atom. The Morgan fingerprint density at radius 3 is 2.41 bits per heavy atom. The van der Waals surface area contributed by atoms with Crippen LogP contribution in [-0.4, -0.2) is 41.8 Å². The Labute approximate surface area is 202 Å². The van der Waals surface area contributed by atoms with Crippen molar-refractivity contribution in [2.24, 2.45) is 5.10 Å². The summed E-state index contributed by atoms with van der Waals surface area (Å²) in [7, 11) is -3.29. The summed E-state index contributed by atoms with van der Waals surface area (Å²) < 4.78 is 28.6. The molecule has 1 atom stereocenters. The lowest BCUT2D eigenvalue weighted by Crippen LogP contribution is -2.34. The molecule has 0 saturated heterocycles. The van der Waals surface area contributed by atoms with Gasteiger partial charge in [0.15, 0.2) is 15.6 Å². The van der Waals surface area contributed by atoms with E-state index in [1.807, 2.05) is 19.1 Å². The second-order valence-corrected chi connectivity index (χ2v) is 10.9. The van der Waals surface area contributed by atoms with Crippen LogP contribution < -0.4 is 5.32 Å². The first-order valence-electron chi connectivity index (χ1n) is 10.6. The van der Waals surface area contributed by atoms with E-state index in [0.717, 1.165) is 16.8 Å². The Kier molecular flexibility index (Phi) is 6.90. The summed E-state index contributed by atoms with van der Waals surface area (Å²) in [5.41, 5.74) is 2.95. The zero-order chi connectivity index (χ0) is 24.3. The van der Waals surface area contributed by atoms with Crippen molar-refractivity contribution in [3.05, 3.63) is 83.8 Å². The van der Waals surface area contributed by atoms with Gasteiger partial charge in [-0.3, -0.25) is 9.59 Å². The predicted octanol–water partition coefficient (Wildman–Crippen LogP) is 4.79. The number of carbonyl (C=O) groups is 2. The summed E-state index contributed by atoms with van der Waals surface area (Å²) in [6.07, 6.45) is 3.31. The molecule has 1 N–H and O–H groups in total. The van der Waals surface area contributed by atoms with E-state index < -0.39 is 9.84 Å². The average Bonchev–Trinajstić information content (AvgIpc) is 3.36. The first kappa shape index (κ1) is 23.8. The maximum absolute atomic E-state index is 12.7. The van der Waals surface area contributed by atoms with Gasteiger partial charge in [-0.05, 0) is 53.9 Å². The summed E-state index contributed by atoms with van der Waals surface area (Å²) in [6, 6.07) is 16.9. The molecule has 3 aromatic rings. The molecule has 2 aromatic carbocycles. The third-order valence-electron chi connectivity index (χ3n) is 5.23. The third kappa shape index (κ3) is 5.40. The molecular formula is C24H23N3O5S2. The molecule has 34 heavy (non-hydrogen) atoms. The molecule has 0 bridgehead atoms. The number of benzene rings is 2. The van der Waals surface area contributed by atoms with Gasteiger partial charge in [0.1, 0.15) is 0 Å². The van der Waals surface area contributed by atoms with Crippen molar-refractivity contribution in [3.63, 3.8) is 0 Å². The zero-order valence-corrected chi connectivity index (χ0v) is 20.2. The minimum absolute atomic E-state index is 0.118. The van der Waals surface area contributed by atoms with Crippen molar-refractivity contribution in [2.45, 2.75) is 30.0 Å². The van der Waals surface area contributed by atoms with Crippen LogP contribution in [0.3, 0.4) is 0 Å². The van der Waals surface area contributed by atoms with Gasteiger partial charge in [0.2, 0.25) is 0 Å². The highest BCUT2D eigenvalue weighted by Gasteiger charge is 2.30. The third-order valence-corrected chi connectivity index (χ3v) is 7.61. The van der Waals surface area contributed by atoms with Crippen LogP contribution in [0.4, 0.5) is 10.5 Å². The van der Waals surface area contributed by atoms with Crippen molar-refractivity contribution in [1.82, 2.24) is 5.01 Å². The second kappa shape index (κ2) is 9.86. The molecule has 176 valence electrons. The van der Waals surface area contributed by atoms with E-state index in [0.29, 0.717) is 12.1 Å². The lowest BCUT2D eigenvalue weighted by Gasteiger charge is -2.28. The van der Waals surface area contributed by atoms with E-state index in [2.05, 4.69) is 10.4 Å². The van der Waals surface area contributed by atoms with E-state index in [-0.39, 0.29) is 33.6 Å². The highest BCUT2D eigenvalue weighted by Crippen LogP contribution is 2.30. The minimum atomic E-state index is -3.29. The Bertz CT molecular complexity index is 1320. The van der Waals surface area contributed by atoms with Gasteiger partial charge < -0.3 is 9.73 Å². The molecule has 2 heterocycles. The van der Waals surface area contributed by atoms with Crippen LogP contribution >= 0.6 is 11.8 Å². The van der Waals surface area contributed by atoms with Gasteiger partial charge in [-0.25, -0.2) is 13.4 Å². The summed E-state index contributed by atoms with van der Waals surface area (Å²) in [4.78, 5) is 25.1. The van der Waals surface area contributed by atoms with Crippen LogP contribution in [0.2, 0.25) is 0 Å². The number of amides is 2. The SMILES string of the molecule is CCC1SC(=O)N(Cc2ccc(NC(=O)c3ccco3)cc2)N=C1c1ccc(S(C)(=O)=O)cc1. The van der Waals surface area contributed by atoms with Crippen LogP contribution in [-0.2, 0) is 16.4 Å². The fourth-order valence-electron chi connectivity index (χ4n) is 3.43. The second-order valence-electron chi connectivity index (χ2n) is 7.75. The molecule has 8 nitrogen and oxygen atoms in total. The maximum Gasteiger partial charge on any atom is 0.302 e. The van der Waals surface area contributed by atoms with Crippen LogP contribution in [0.15, 0.2) is 81.3 Å². The molecule has 1 aliphatic heterocycles. The Hall–Kier alpha value is -3.37. The van der Waals surface area contributed by atoms with E-state index in [4.69, 9.17) is 4.42 Å². The van der Waals surface area contributed by atoms with Crippen molar-refractivity contribution in [3.8, 4) is 0 Å². The molecule has 2 amide bonds. The van der Waals surface area contributed by atoms with Crippen LogP contribution in [0.5, 0.6) is 0 Å². The highest BCUT2D eigenvalue weighted by molar-refractivity contribution is 8.14. The van der Waals surface area contributed by atoms with E-state index >= 15 is 0 Å². The molecule has 1 aliphatic rings. The Balaban J connectivity index is 1.51. The molecule has 0 saturated carbocycles. The largest absolute Gasteiger partial charge is 0.459 e. The normalized spacial score (nSPS) is 16.3. The maximum atomic E-state index is 12.7. The number of hydrogen-bond acceptors (Lipinski definition) is 7. The quantitative estimate of drug-likeness (QED) is 0.503. The molecule has 1 aromatic heterocycles. The monoisotopic (exact) mass is 497 g/mol. The van der Waals surface area contributed by atoms with Gasteiger partial charge in [0, 0.05) is 11.9 Å². The number of anilines is 1. The predicted molar refractivity (Wildman–Crippen MR) is 132 cm³/mol. The number of nitrogens with one attached hydrogen (secondary N) is 1. The average molecular weight is 498 g/mol. The zero-order valence-electron chi connectivity index (χ0n) is 18.6. The van der Waals surface area contributed by atoms with Crippen LogP contribution in [0.25, 0.3) is 0 Å². The molecule has 4 rings (SSSR count). The van der Waals surface area contributed by atoms with Crippen molar-refractivity contribution in [2.75, 3.05) is 11.6 Å². The van der Waals surface area contributed by atoms with E-state index in [9.17, 15) is 18.0 Å². The molecule has 0 aliphatic carbocycles. The number of nitrogens with zero attached hydrogens (tertiary/aromatic N) is 2. The van der Waals surface area contributed by atoms with Gasteiger partial charge in [0.05, 0.1) is 28.7 Å².